The van der Waals surface area contributed by atoms with Gasteiger partial charge in [0.15, 0.2) is 0 Å². The summed E-state index contributed by atoms with van der Waals surface area (Å²) in [5.74, 6) is 0.703. The smallest absolute Gasteiger partial charge is 0.261 e. The zero-order valence-corrected chi connectivity index (χ0v) is 25.4. The van der Waals surface area contributed by atoms with E-state index in [-0.39, 0.29) is 18.4 Å². The summed E-state index contributed by atoms with van der Waals surface area (Å²) in [5.41, 5.74) is 1.66. The fourth-order valence-corrected chi connectivity index (χ4v) is 9.61. The van der Waals surface area contributed by atoms with Crippen molar-refractivity contribution in [2.24, 2.45) is 23.2 Å². The first-order valence-corrected chi connectivity index (χ1v) is 16.5. The maximum Gasteiger partial charge on any atom is 0.261 e. The van der Waals surface area contributed by atoms with Crippen LogP contribution in [-0.2, 0) is 6.54 Å². The molecule has 7 nitrogen and oxygen atoms in total. The lowest BCUT2D eigenvalue weighted by Gasteiger charge is -2.61. The monoisotopic (exact) mass is 609 g/mol. The molecule has 5 aliphatic carbocycles. The number of likely N-dealkylation sites (tertiary alicyclic amines) is 1. The Morgan fingerprint density at radius 2 is 1.81 bits per heavy atom. The first kappa shape index (κ1) is 29.2. The lowest BCUT2D eigenvalue weighted by molar-refractivity contribution is -0.0734. The van der Waals surface area contributed by atoms with E-state index < -0.39 is 5.92 Å². The SMILES string of the molecule is N#Cc1cnc(NCc2ccccc2Cl)nc1NCC12CC3C[C@H](C1)C(NC1CCC(N4CCC(F)(F)C4)CC1)[C@@H](C3)C2. The van der Waals surface area contributed by atoms with Crippen LogP contribution in [0.2, 0.25) is 5.02 Å². The second kappa shape index (κ2) is 11.8. The molecule has 1 saturated heterocycles. The molecule has 4 bridgehead atoms. The Labute approximate surface area is 258 Å². The Morgan fingerprint density at radius 1 is 1.05 bits per heavy atom. The molecule has 2 aromatic rings. The van der Waals surface area contributed by atoms with E-state index in [1.165, 1.54) is 32.1 Å². The van der Waals surface area contributed by atoms with Crippen molar-refractivity contribution < 1.29 is 8.78 Å². The van der Waals surface area contributed by atoms with Gasteiger partial charge in [0.1, 0.15) is 17.5 Å². The van der Waals surface area contributed by atoms with Gasteiger partial charge < -0.3 is 16.0 Å². The number of anilines is 2. The number of nitrogens with one attached hydrogen (secondary N) is 3. The summed E-state index contributed by atoms with van der Waals surface area (Å²) in [4.78, 5) is 11.1. The normalized spacial score (nSPS) is 34.7. The molecule has 230 valence electrons. The number of hydrogen-bond donors (Lipinski definition) is 3. The number of hydrogen-bond acceptors (Lipinski definition) is 7. The summed E-state index contributed by atoms with van der Waals surface area (Å²) in [6.07, 6.45) is 12.1. The van der Waals surface area contributed by atoms with Crippen molar-refractivity contribution in [3.63, 3.8) is 0 Å². The Hall–Kier alpha value is -2.54. The molecule has 6 fully saturated rings. The van der Waals surface area contributed by atoms with Crippen molar-refractivity contribution in [1.29, 1.82) is 5.26 Å². The van der Waals surface area contributed by atoms with Gasteiger partial charge in [-0.2, -0.15) is 10.2 Å². The highest BCUT2D eigenvalue weighted by Crippen LogP contribution is 2.60. The molecule has 3 unspecified atom stereocenters. The maximum absolute atomic E-state index is 13.8. The van der Waals surface area contributed by atoms with Crippen LogP contribution in [0.25, 0.3) is 0 Å². The van der Waals surface area contributed by atoms with Crippen LogP contribution < -0.4 is 16.0 Å². The number of nitriles is 1. The molecule has 3 N–H and O–H groups in total. The van der Waals surface area contributed by atoms with Crippen LogP contribution in [-0.4, -0.2) is 58.6 Å². The number of nitrogens with zero attached hydrogens (tertiary/aromatic N) is 4. The highest BCUT2D eigenvalue weighted by atomic mass is 35.5. The summed E-state index contributed by atoms with van der Waals surface area (Å²) < 4.78 is 27.5. The summed E-state index contributed by atoms with van der Waals surface area (Å²) in [6, 6.07) is 11.3. The van der Waals surface area contributed by atoms with Gasteiger partial charge in [0, 0.05) is 49.2 Å². The van der Waals surface area contributed by atoms with E-state index in [0.29, 0.717) is 65.4 Å². The van der Waals surface area contributed by atoms with Crippen molar-refractivity contribution >= 4 is 23.4 Å². The largest absolute Gasteiger partial charge is 0.368 e. The minimum absolute atomic E-state index is 0.0189. The predicted molar refractivity (Wildman–Crippen MR) is 164 cm³/mol. The number of halogens is 3. The molecule has 0 radical (unpaired) electrons. The van der Waals surface area contributed by atoms with Crippen molar-refractivity contribution in [3.8, 4) is 6.07 Å². The third-order valence-corrected chi connectivity index (χ3v) is 11.5. The van der Waals surface area contributed by atoms with E-state index in [1.54, 1.807) is 6.20 Å². The molecule has 1 aromatic carbocycles. The third-order valence-electron chi connectivity index (χ3n) is 11.2. The van der Waals surface area contributed by atoms with E-state index in [0.717, 1.165) is 43.7 Å². The summed E-state index contributed by atoms with van der Waals surface area (Å²) in [6.45, 7) is 1.82. The van der Waals surface area contributed by atoms with Crippen LogP contribution in [0.4, 0.5) is 20.5 Å². The summed E-state index contributed by atoms with van der Waals surface area (Å²) >= 11 is 6.31. The minimum atomic E-state index is -2.50. The van der Waals surface area contributed by atoms with Crippen molar-refractivity contribution in [2.45, 2.75) is 94.8 Å². The lowest BCUT2D eigenvalue weighted by atomic mass is 9.47. The van der Waals surface area contributed by atoms with Gasteiger partial charge in [-0.05, 0) is 92.6 Å². The van der Waals surface area contributed by atoms with Gasteiger partial charge in [-0.3, -0.25) is 4.90 Å². The Kier molecular flexibility index (Phi) is 7.98. The van der Waals surface area contributed by atoms with E-state index in [9.17, 15) is 14.0 Å². The van der Waals surface area contributed by atoms with Crippen LogP contribution in [0.3, 0.4) is 0 Å². The first-order chi connectivity index (χ1) is 20.8. The Morgan fingerprint density at radius 3 is 2.51 bits per heavy atom. The van der Waals surface area contributed by atoms with Gasteiger partial charge >= 0.3 is 0 Å². The molecule has 0 amide bonds. The number of benzene rings is 1. The highest BCUT2D eigenvalue weighted by molar-refractivity contribution is 6.31. The van der Waals surface area contributed by atoms with Crippen LogP contribution in [0.1, 0.15) is 75.3 Å². The molecular weight excluding hydrogens is 568 g/mol. The molecule has 0 spiro atoms. The third kappa shape index (κ3) is 6.21. The van der Waals surface area contributed by atoms with E-state index >= 15 is 0 Å². The zero-order valence-electron chi connectivity index (χ0n) is 24.7. The van der Waals surface area contributed by atoms with Gasteiger partial charge in [0.2, 0.25) is 5.95 Å². The second-order valence-corrected chi connectivity index (χ2v) is 14.5. The van der Waals surface area contributed by atoms with Crippen molar-refractivity contribution in [1.82, 2.24) is 20.2 Å². The van der Waals surface area contributed by atoms with Gasteiger partial charge in [-0.25, -0.2) is 13.8 Å². The van der Waals surface area contributed by atoms with Crippen molar-refractivity contribution in [3.05, 3.63) is 46.6 Å². The topological polar surface area (TPSA) is 88.9 Å². The average Bonchev–Trinajstić information content (AvgIpc) is 3.37. The molecule has 2 heterocycles. The van der Waals surface area contributed by atoms with Crippen LogP contribution in [0.5, 0.6) is 0 Å². The number of aromatic nitrogens is 2. The Balaban J connectivity index is 0.951. The van der Waals surface area contributed by atoms with Gasteiger partial charge in [-0.1, -0.05) is 29.8 Å². The van der Waals surface area contributed by atoms with Gasteiger partial charge in [0.25, 0.3) is 5.92 Å². The average molecular weight is 610 g/mol. The van der Waals surface area contributed by atoms with Crippen LogP contribution in [0.15, 0.2) is 30.5 Å². The molecule has 1 aromatic heterocycles. The molecular formula is C33H42ClF2N7. The van der Waals surface area contributed by atoms with Gasteiger partial charge in [-0.15, -0.1) is 0 Å². The van der Waals surface area contributed by atoms with Crippen LogP contribution in [0, 0.1) is 34.5 Å². The van der Waals surface area contributed by atoms with Crippen molar-refractivity contribution in [2.75, 3.05) is 30.3 Å². The zero-order chi connectivity index (χ0) is 29.6. The minimum Gasteiger partial charge on any atom is -0.368 e. The number of rotatable bonds is 9. The molecule has 1 aliphatic heterocycles. The van der Waals surface area contributed by atoms with Gasteiger partial charge in [0.05, 0.1) is 12.7 Å². The van der Waals surface area contributed by atoms with E-state index in [1.807, 2.05) is 29.2 Å². The fourth-order valence-electron chi connectivity index (χ4n) is 9.41. The predicted octanol–water partition coefficient (Wildman–Crippen LogP) is 6.46. The molecule has 6 aliphatic rings. The first-order valence-electron chi connectivity index (χ1n) is 16.1. The summed E-state index contributed by atoms with van der Waals surface area (Å²) in [7, 11) is 0. The number of alkyl halides is 2. The molecule has 43 heavy (non-hydrogen) atoms. The second-order valence-electron chi connectivity index (χ2n) is 14.1. The van der Waals surface area contributed by atoms with E-state index in [2.05, 4.69) is 32.0 Å². The fraction of sp³-hybridized carbons (Fsp3) is 0.667. The molecule has 10 heteroatoms. The maximum atomic E-state index is 13.8. The Bertz CT molecular complexity index is 1340. The van der Waals surface area contributed by atoms with E-state index in [4.69, 9.17) is 11.6 Å². The standard InChI is InChI=1S/C33H42ClF2N7/c34-28-4-2-1-3-22(28)17-38-31-39-18-25(16-37)30(42-31)40-19-32-13-21-11-23(14-32)29(24(12-21)15-32)41-26-5-7-27(8-6-26)43-10-9-33(35,36)20-43/h1-4,18,21,23-24,26-27,29,41H,5-15,17,19-20H2,(H2,38,39,40,42)/t21?,23-,24+,26?,27?,29?,32?. The quantitative estimate of drug-likeness (QED) is 0.301. The lowest BCUT2D eigenvalue weighted by Crippen LogP contribution is -2.61. The highest BCUT2D eigenvalue weighted by Gasteiger charge is 2.55. The summed E-state index contributed by atoms with van der Waals surface area (Å²) in [5, 5.41) is 21.4. The molecule has 5 saturated carbocycles. The molecule has 8 rings (SSSR count). The van der Waals surface area contributed by atoms with Crippen LogP contribution >= 0.6 is 11.6 Å². The molecule has 5 atom stereocenters.